The van der Waals surface area contributed by atoms with E-state index in [0.717, 1.165) is 11.1 Å². The number of piperazine rings is 1. The van der Waals surface area contributed by atoms with Gasteiger partial charge in [-0.3, -0.25) is 0 Å². The third-order valence-electron chi connectivity index (χ3n) is 4.92. The summed E-state index contributed by atoms with van der Waals surface area (Å²) in [6.45, 7) is 1.93. The Morgan fingerprint density at radius 3 is 2.39 bits per heavy atom. The van der Waals surface area contributed by atoms with Gasteiger partial charge < -0.3 is 14.9 Å². The highest BCUT2D eigenvalue weighted by Crippen LogP contribution is 2.31. The molecule has 1 aliphatic heterocycles. The number of amides is 1. The molecule has 0 saturated carbocycles. The first-order chi connectivity index (χ1) is 13.4. The van der Waals surface area contributed by atoms with Gasteiger partial charge in [-0.15, -0.1) is 0 Å². The lowest BCUT2D eigenvalue weighted by Gasteiger charge is -2.35. The van der Waals surface area contributed by atoms with Crippen LogP contribution in [0.2, 0.25) is 5.02 Å². The molecule has 0 bridgehead atoms. The standard InChI is InChI=1S/C19H18ClN3O4S/c20-14-3-1-4-15(13-14)28(26,27)23-8-7-16-17(5-2-6-18(16)23)21-9-11-22(12-10-21)19(24)25/h1-8,13H,9-12H2,(H,24,25). The molecule has 1 saturated heterocycles. The van der Waals surface area contributed by atoms with Gasteiger partial charge in [0.05, 0.1) is 10.4 Å². The average Bonchev–Trinajstić information content (AvgIpc) is 3.13. The predicted octanol–water partition coefficient (Wildman–Crippen LogP) is 3.33. The average molecular weight is 420 g/mol. The van der Waals surface area contributed by atoms with Crippen LogP contribution in [-0.2, 0) is 10.0 Å². The van der Waals surface area contributed by atoms with E-state index in [0.29, 0.717) is 36.7 Å². The molecule has 2 aromatic carbocycles. The van der Waals surface area contributed by atoms with Crippen LogP contribution in [0.25, 0.3) is 10.9 Å². The van der Waals surface area contributed by atoms with Crippen LogP contribution in [0.5, 0.6) is 0 Å². The molecule has 3 aromatic rings. The minimum absolute atomic E-state index is 0.123. The lowest BCUT2D eigenvalue weighted by Crippen LogP contribution is -2.48. The van der Waals surface area contributed by atoms with Crippen molar-refractivity contribution in [1.29, 1.82) is 0 Å². The molecule has 0 unspecified atom stereocenters. The first kappa shape index (κ1) is 18.6. The van der Waals surface area contributed by atoms with Crippen molar-refractivity contribution in [3.63, 3.8) is 0 Å². The number of carboxylic acid groups (broad SMARTS) is 1. The number of halogens is 1. The van der Waals surface area contributed by atoms with Crippen molar-refractivity contribution in [2.24, 2.45) is 0 Å². The fraction of sp³-hybridized carbons (Fsp3) is 0.211. The maximum Gasteiger partial charge on any atom is 0.407 e. The van der Waals surface area contributed by atoms with Gasteiger partial charge in [0.25, 0.3) is 10.0 Å². The van der Waals surface area contributed by atoms with Crippen molar-refractivity contribution in [3.05, 3.63) is 59.8 Å². The fourth-order valence-electron chi connectivity index (χ4n) is 3.49. The Morgan fingerprint density at radius 2 is 1.71 bits per heavy atom. The monoisotopic (exact) mass is 419 g/mol. The Hall–Kier alpha value is -2.71. The largest absolute Gasteiger partial charge is 0.465 e. The second-order valence-corrected chi connectivity index (χ2v) is 8.79. The number of carbonyl (C=O) groups is 1. The number of benzene rings is 2. The Morgan fingerprint density at radius 1 is 1.00 bits per heavy atom. The SMILES string of the molecule is O=C(O)N1CCN(c2cccc3c2ccn3S(=O)(=O)c2cccc(Cl)c2)CC1. The predicted molar refractivity (Wildman–Crippen MR) is 108 cm³/mol. The molecule has 28 heavy (non-hydrogen) atoms. The summed E-state index contributed by atoms with van der Waals surface area (Å²) in [5.74, 6) is 0. The number of aromatic nitrogens is 1. The molecule has 0 radical (unpaired) electrons. The zero-order valence-corrected chi connectivity index (χ0v) is 16.4. The van der Waals surface area contributed by atoms with Gasteiger partial charge in [0.15, 0.2) is 0 Å². The smallest absolute Gasteiger partial charge is 0.407 e. The molecule has 1 N–H and O–H groups in total. The van der Waals surface area contributed by atoms with E-state index in [1.807, 2.05) is 12.1 Å². The second kappa shape index (κ2) is 7.03. The van der Waals surface area contributed by atoms with Crippen molar-refractivity contribution in [1.82, 2.24) is 8.87 Å². The summed E-state index contributed by atoms with van der Waals surface area (Å²) in [7, 11) is -3.78. The lowest BCUT2D eigenvalue weighted by molar-refractivity contribution is 0.142. The molecule has 7 nitrogen and oxygen atoms in total. The van der Waals surface area contributed by atoms with Crippen molar-refractivity contribution in [2.75, 3.05) is 31.1 Å². The van der Waals surface area contributed by atoms with Crippen LogP contribution in [0.4, 0.5) is 10.5 Å². The van der Waals surface area contributed by atoms with Gasteiger partial charge in [-0.1, -0.05) is 23.7 Å². The van der Waals surface area contributed by atoms with Crippen LogP contribution in [0.3, 0.4) is 0 Å². The number of hydrogen-bond donors (Lipinski definition) is 1. The number of nitrogens with zero attached hydrogens (tertiary/aromatic N) is 3. The first-order valence-electron chi connectivity index (χ1n) is 8.72. The first-order valence-corrected chi connectivity index (χ1v) is 10.5. The number of fused-ring (bicyclic) bond motifs is 1. The third-order valence-corrected chi connectivity index (χ3v) is 6.84. The van der Waals surface area contributed by atoms with E-state index in [-0.39, 0.29) is 4.90 Å². The molecule has 1 aliphatic rings. The van der Waals surface area contributed by atoms with E-state index in [1.165, 1.54) is 27.2 Å². The lowest BCUT2D eigenvalue weighted by atomic mass is 10.2. The van der Waals surface area contributed by atoms with Gasteiger partial charge in [-0.2, -0.15) is 0 Å². The highest BCUT2D eigenvalue weighted by atomic mass is 35.5. The van der Waals surface area contributed by atoms with Gasteiger partial charge in [-0.05, 0) is 36.4 Å². The van der Waals surface area contributed by atoms with Gasteiger partial charge in [-0.25, -0.2) is 17.2 Å². The zero-order chi connectivity index (χ0) is 19.9. The Kier molecular flexibility index (Phi) is 4.68. The second-order valence-electron chi connectivity index (χ2n) is 6.54. The number of anilines is 1. The van der Waals surface area contributed by atoms with E-state index in [9.17, 15) is 13.2 Å². The molecule has 0 spiro atoms. The Labute approximate surface area is 167 Å². The summed E-state index contributed by atoms with van der Waals surface area (Å²) in [5.41, 5.74) is 1.46. The van der Waals surface area contributed by atoms with E-state index < -0.39 is 16.1 Å². The number of rotatable bonds is 3. The molecule has 2 heterocycles. The van der Waals surface area contributed by atoms with Crippen LogP contribution in [0.1, 0.15) is 0 Å². The van der Waals surface area contributed by atoms with E-state index in [2.05, 4.69) is 4.90 Å². The van der Waals surface area contributed by atoms with Crippen LogP contribution in [0, 0.1) is 0 Å². The summed E-state index contributed by atoms with van der Waals surface area (Å²) in [4.78, 5) is 14.7. The third kappa shape index (κ3) is 3.18. The van der Waals surface area contributed by atoms with Crippen molar-refractivity contribution >= 4 is 44.3 Å². The van der Waals surface area contributed by atoms with Crippen molar-refractivity contribution in [2.45, 2.75) is 4.90 Å². The molecule has 0 aliphatic carbocycles. The quantitative estimate of drug-likeness (QED) is 0.704. The Balaban J connectivity index is 1.73. The summed E-state index contributed by atoms with van der Waals surface area (Å²) in [6, 6.07) is 13.4. The maximum absolute atomic E-state index is 13.1. The highest BCUT2D eigenvalue weighted by Gasteiger charge is 2.24. The van der Waals surface area contributed by atoms with Crippen molar-refractivity contribution < 1.29 is 18.3 Å². The molecule has 9 heteroatoms. The summed E-state index contributed by atoms with van der Waals surface area (Å²) >= 11 is 5.97. The van der Waals surface area contributed by atoms with Crippen molar-refractivity contribution in [3.8, 4) is 0 Å². The molecule has 4 rings (SSSR count). The van der Waals surface area contributed by atoms with Crippen LogP contribution in [0.15, 0.2) is 59.6 Å². The molecule has 1 fully saturated rings. The summed E-state index contributed by atoms with van der Waals surface area (Å²) in [6.07, 6.45) is 0.620. The van der Waals surface area contributed by atoms with E-state index in [4.69, 9.17) is 16.7 Å². The number of hydrogen-bond acceptors (Lipinski definition) is 4. The normalized spacial score (nSPS) is 15.2. The molecule has 1 aromatic heterocycles. The maximum atomic E-state index is 13.1. The highest BCUT2D eigenvalue weighted by molar-refractivity contribution is 7.90. The Bertz CT molecular complexity index is 1150. The fourth-order valence-corrected chi connectivity index (χ4v) is 5.14. The van der Waals surface area contributed by atoms with Gasteiger partial charge in [0.2, 0.25) is 0 Å². The minimum Gasteiger partial charge on any atom is -0.465 e. The van der Waals surface area contributed by atoms with Crippen LogP contribution in [-0.4, -0.2) is 54.7 Å². The van der Waals surface area contributed by atoms with E-state index >= 15 is 0 Å². The molecule has 146 valence electrons. The zero-order valence-electron chi connectivity index (χ0n) is 14.8. The molecular weight excluding hydrogens is 402 g/mol. The summed E-state index contributed by atoms with van der Waals surface area (Å²) in [5, 5.41) is 10.3. The van der Waals surface area contributed by atoms with Gasteiger partial charge >= 0.3 is 6.09 Å². The van der Waals surface area contributed by atoms with E-state index in [1.54, 1.807) is 24.3 Å². The molecular formula is C19H18ClN3O4S. The minimum atomic E-state index is -3.78. The molecule has 1 amide bonds. The van der Waals surface area contributed by atoms with Gasteiger partial charge in [0, 0.05) is 48.5 Å². The summed E-state index contributed by atoms with van der Waals surface area (Å²) < 4.78 is 27.4. The van der Waals surface area contributed by atoms with Gasteiger partial charge in [0.1, 0.15) is 0 Å². The van der Waals surface area contributed by atoms with Crippen LogP contribution < -0.4 is 4.90 Å². The van der Waals surface area contributed by atoms with Crippen LogP contribution >= 0.6 is 11.6 Å². The topological polar surface area (TPSA) is 82.8 Å². The molecule has 0 atom stereocenters.